The molecule has 0 aromatic heterocycles. The minimum absolute atomic E-state index is 0.160. The molecule has 0 amide bonds. The molecule has 0 spiro atoms. The number of fused-ring (bicyclic) bond motifs is 1. The molecule has 0 aliphatic carbocycles. The quantitative estimate of drug-likeness (QED) is 0.768. The van der Waals surface area contributed by atoms with E-state index in [2.05, 4.69) is 5.29 Å². The Morgan fingerprint density at radius 1 is 1.11 bits per heavy atom. The Hall–Kier alpha value is -2.23. The third kappa shape index (κ3) is 2.21. The first-order chi connectivity index (χ1) is 9.28. The van der Waals surface area contributed by atoms with Gasteiger partial charge in [-0.1, -0.05) is 30.3 Å². The van der Waals surface area contributed by atoms with Gasteiger partial charge in [-0.3, -0.25) is 0 Å². The summed E-state index contributed by atoms with van der Waals surface area (Å²) in [4.78, 5) is 11.0. The lowest BCUT2D eigenvalue weighted by Crippen LogP contribution is -2.29. The fourth-order valence-corrected chi connectivity index (χ4v) is 2.61. The molecular formula is C15H13FN2O. The fourth-order valence-electron chi connectivity index (χ4n) is 2.61. The molecule has 1 aliphatic rings. The first-order valence-corrected chi connectivity index (χ1v) is 6.22. The molecule has 2 aromatic carbocycles. The van der Waals surface area contributed by atoms with Crippen LogP contribution < -0.4 is 5.01 Å². The van der Waals surface area contributed by atoms with E-state index in [1.54, 1.807) is 12.1 Å². The van der Waals surface area contributed by atoms with Crippen molar-refractivity contribution in [3.05, 3.63) is 70.4 Å². The Morgan fingerprint density at radius 2 is 1.84 bits per heavy atom. The van der Waals surface area contributed by atoms with Gasteiger partial charge in [0.25, 0.3) is 0 Å². The molecule has 4 heteroatoms. The Bertz CT molecular complexity index is 597. The summed E-state index contributed by atoms with van der Waals surface area (Å²) in [5.41, 5.74) is 3.00. The summed E-state index contributed by atoms with van der Waals surface area (Å²) in [6, 6.07) is 14.2. The summed E-state index contributed by atoms with van der Waals surface area (Å²) in [6.07, 6.45) is 0.841. The van der Waals surface area contributed by atoms with Crippen LogP contribution in [-0.2, 0) is 6.42 Å². The summed E-state index contributed by atoms with van der Waals surface area (Å²) in [6.45, 7) is 0.534. The van der Waals surface area contributed by atoms with Crippen molar-refractivity contribution in [2.24, 2.45) is 5.29 Å². The maximum absolute atomic E-state index is 13.0. The lowest BCUT2D eigenvalue weighted by Gasteiger charge is -2.30. The van der Waals surface area contributed by atoms with Crippen molar-refractivity contribution in [2.45, 2.75) is 12.3 Å². The molecule has 0 saturated carbocycles. The zero-order chi connectivity index (χ0) is 13.2. The molecule has 96 valence electrons. The second-order valence-electron chi connectivity index (χ2n) is 4.75. The van der Waals surface area contributed by atoms with E-state index in [4.69, 9.17) is 0 Å². The predicted octanol–water partition coefficient (Wildman–Crippen LogP) is 3.65. The molecule has 0 fully saturated rings. The van der Waals surface area contributed by atoms with Crippen molar-refractivity contribution in [1.82, 2.24) is 0 Å². The van der Waals surface area contributed by atoms with E-state index < -0.39 is 0 Å². The molecule has 3 nitrogen and oxygen atoms in total. The van der Waals surface area contributed by atoms with Gasteiger partial charge >= 0.3 is 0 Å². The van der Waals surface area contributed by atoms with Gasteiger partial charge in [-0.2, -0.15) is 0 Å². The van der Waals surface area contributed by atoms with Crippen LogP contribution in [0.1, 0.15) is 17.0 Å². The second-order valence-corrected chi connectivity index (χ2v) is 4.75. The van der Waals surface area contributed by atoms with Crippen LogP contribution in [0.2, 0.25) is 0 Å². The molecular weight excluding hydrogens is 243 g/mol. The molecule has 0 radical (unpaired) electrons. The SMILES string of the molecule is O=NN1CC(c2ccc(F)cc2)Cc2ccccc21. The highest BCUT2D eigenvalue weighted by atomic mass is 19.1. The van der Waals surface area contributed by atoms with E-state index in [0.29, 0.717) is 6.54 Å². The zero-order valence-electron chi connectivity index (χ0n) is 10.3. The maximum atomic E-state index is 13.0. The predicted molar refractivity (Wildman–Crippen MR) is 72.4 cm³/mol. The van der Waals surface area contributed by atoms with Crippen molar-refractivity contribution in [2.75, 3.05) is 11.6 Å². The molecule has 2 aromatic rings. The van der Waals surface area contributed by atoms with E-state index in [0.717, 1.165) is 23.2 Å². The van der Waals surface area contributed by atoms with E-state index in [-0.39, 0.29) is 11.7 Å². The minimum atomic E-state index is -0.245. The number of hydrogen-bond donors (Lipinski definition) is 0. The third-order valence-corrected chi connectivity index (χ3v) is 3.57. The second kappa shape index (κ2) is 4.80. The number of rotatable bonds is 2. The highest BCUT2D eigenvalue weighted by molar-refractivity contribution is 5.56. The fraction of sp³-hybridized carbons (Fsp3) is 0.200. The Balaban J connectivity index is 1.95. The summed E-state index contributed by atoms with van der Waals surface area (Å²) in [5.74, 6) is -0.0847. The van der Waals surface area contributed by atoms with Crippen LogP contribution in [0.15, 0.2) is 53.8 Å². The van der Waals surface area contributed by atoms with Crippen molar-refractivity contribution < 1.29 is 4.39 Å². The van der Waals surface area contributed by atoms with Gasteiger partial charge < -0.3 is 0 Å². The molecule has 19 heavy (non-hydrogen) atoms. The number of nitrogens with zero attached hydrogens (tertiary/aromatic N) is 2. The number of nitroso groups, excluding NO2 is 1. The monoisotopic (exact) mass is 256 g/mol. The summed E-state index contributed by atoms with van der Waals surface area (Å²) in [7, 11) is 0. The molecule has 1 aliphatic heterocycles. The highest BCUT2D eigenvalue weighted by Crippen LogP contribution is 2.34. The van der Waals surface area contributed by atoms with Crippen molar-refractivity contribution in [1.29, 1.82) is 0 Å². The smallest absolute Gasteiger partial charge is 0.123 e. The molecule has 1 heterocycles. The van der Waals surface area contributed by atoms with Gasteiger partial charge in [-0.05, 0) is 35.7 Å². The van der Waals surface area contributed by atoms with Crippen molar-refractivity contribution in [3.63, 3.8) is 0 Å². The van der Waals surface area contributed by atoms with Gasteiger partial charge in [0.1, 0.15) is 5.82 Å². The Labute approximate surface area is 110 Å². The van der Waals surface area contributed by atoms with E-state index in [9.17, 15) is 9.30 Å². The van der Waals surface area contributed by atoms with Crippen LogP contribution in [0.3, 0.4) is 0 Å². The maximum Gasteiger partial charge on any atom is 0.123 e. The summed E-state index contributed by atoms with van der Waals surface area (Å²) in [5, 5.41) is 4.57. The molecule has 1 unspecified atom stereocenters. The Morgan fingerprint density at radius 3 is 2.58 bits per heavy atom. The van der Waals surface area contributed by atoms with Crippen molar-refractivity contribution in [3.8, 4) is 0 Å². The molecule has 3 rings (SSSR count). The summed E-state index contributed by atoms with van der Waals surface area (Å²) >= 11 is 0. The Kier molecular flexibility index (Phi) is 2.99. The molecule has 1 atom stereocenters. The number of para-hydroxylation sites is 1. The first kappa shape index (κ1) is 11.8. The minimum Gasteiger partial charge on any atom is -0.228 e. The molecule has 0 saturated heterocycles. The lowest BCUT2D eigenvalue weighted by atomic mass is 9.88. The van der Waals surface area contributed by atoms with Gasteiger partial charge in [0.2, 0.25) is 0 Å². The van der Waals surface area contributed by atoms with Gasteiger partial charge in [0.15, 0.2) is 0 Å². The van der Waals surface area contributed by atoms with Crippen LogP contribution in [0.4, 0.5) is 10.1 Å². The van der Waals surface area contributed by atoms with Crippen LogP contribution in [0.5, 0.6) is 0 Å². The van der Waals surface area contributed by atoms with Gasteiger partial charge in [0.05, 0.1) is 17.5 Å². The summed E-state index contributed by atoms with van der Waals surface area (Å²) < 4.78 is 13.0. The molecule has 0 N–H and O–H groups in total. The van der Waals surface area contributed by atoms with Crippen LogP contribution >= 0.6 is 0 Å². The largest absolute Gasteiger partial charge is 0.228 e. The van der Waals surface area contributed by atoms with Crippen LogP contribution in [-0.4, -0.2) is 6.54 Å². The number of benzene rings is 2. The first-order valence-electron chi connectivity index (χ1n) is 6.22. The van der Waals surface area contributed by atoms with E-state index >= 15 is 0 Å². The lowest BCUT2D eigenvalue weighted by molar-refractivity contribution is 0.607. The topological polar surface area (TPSA) is 32.7 Å². The zero-order valence-corrected chi connectivity index (χ0v) is 10.3. The van der Waals surface area contributed by atoms with Gasteiger partial charge in [0, 0.05) is 5.92 Å². The molecule has 0 bridgehead atoms. The normalized spacial score (nSPS) is 17.9. The third-order valence-electron chi connectivity index (χ3n) is 3.57. The standard InChI is InChI=1S/C15H13FN2O/c16-14-7-5-11(6-8-14)13-9-12-3-1-2-4-15(12)18(10-13)17-19/h1-8,13H,9-10H2. The van der Waals surface area contributed by atoms with Crippen molar-refractivity contribution >= 4 is 5.69 Å². The highest BCUT2D eigenvalue weighted by Gasteiger charge is 2.25. The van der Waals surface area contributed by atoms with Crippen LogP contribution in [0.25, 0.3) is 0 Å². The number of anilines is 1. The van der Waals surface area contributed by atoms with E-state index in [1.165, 1.54) is 17.1 Å². The average molecular weight is 256 g/mol. The average Bonchev–Trinajstić information content (AvgIpc) is 2.47. The van der Waals surface area contributed by atoms with Crippen LogP contribution in [0, 0.1) is 10.7 Å². The number of halogens is 1. The number of hydrogen-bond acceptors (Lipinski definition) is 2. The van der Waals surface area contributed by atoms with Gasteiger partial charge in [-0.15, -0.1) is 4.91 Å². The van der Waals surface area contributed by atoms with Gasteiger partial charge in [-0.25, -0.2) is 9.40 Å². The van der Waals surface area contributed by atoms with E-state index in [1.807, 2.05) is 24.3 Å².